The molecule has 1 unspecified atom stereocenters. The summed E-state index contributed by atoms with van der Waals surface area (Å²) in [6, 6.07) is 3.70. The van der Waals surface area contributed by atoms with Crippen LogP contribution < -0.4 is 0 Å². The molecule has 1 atom stereocenters. The van der Waals surface area contributed by atoms with E-state index < -0.39 is 0 Å². The Kier molecular flexibility index (Phi) is 2.05. The molecule has 2 rings (SSSR count). The van der Waals surface area contributed by atoms with E-state index >= 15 is 0 Å². The maximum atomic E-state index is 11.4. The van der Waals surface area contributed by atoms with Crippen LogP contribution in [0.15, 0.2) is 28.4 Å². The first kappa shape index (κ1) is 8.30. The van der Waals surface area contributed by atoms with Crippen molar-refractivity contribution in [3.8, 4) is 0 Å². The van der Waals surface area contributed by atoms with Crippen molar-refractivity contribution in [1.29, 1.82) is 0 Å². The summed E-state index contributed by atoms with van der Waals surface area (Å²) in [4.78, 5) is 11.4. The van der Waals surface area contributed by atoms with Crippen LogP contribution in [0, 0.1) is 5.92 Å². The number of hydrogen-bond donors (Lipinski definition) is 0. The zero-order valence-electron chi connectivity index (χ0n) is 7.62. The van der Waals surface area contributed by atoms with Crippen molar-refractivity contribution < 1.29 is 9.21 Å². The Balaban J connectivity index is 2.29. The molecule has 1 aromatic rings. The highest BCUT2D eigenvalue weighted by atomic mass is 16.3. The molecule has 0 radical (unpaired) electrons. The van der Waals surface area contributed by atoms with E-state index in [1.165, 1.54) is 0 Å². The second-order valence-corrected chi connectivity index (χ2v) is 3.48. The number of carbonyl (C=O) groups excluding carboxylic acids is 1. The number of Topliss-reactive ketones (excluding diaryl/α,β-unsaturated/α-hetero) is 1. The van der Waals surface area contributed by atoms with Crippen LogP contribution in [0.3, 0.4) is 0 Å². The summed E-state index contributed by atoms with van der Waals surface area (Å²) in [5.41, 5.74) is 0.912. The number of ketones is 1. The van der Waals surface area contributed by atoms with Gasteiger partial charge in [-0.1, -0.05) is 6.92 Å². The van der Waals surface area contributed by atoms with Gasteiger partial charge in [0.15, 0.2) is 5.78 Å². The number of allylic oxidation sites excluding steroid dienone is 1. The van der Waals surface area contributed by atoms with E-state index in [0.29, 0.717) is 12.3 Å². The minimum atomic E-state index is 0.268. The standard InChI is InChI=1S/C11H12O2/c1-8-4-5-11(12)10(8)7-9-3-2-6-13-9/h2-3,6-8H,4-5H2,1H3. The molecule has 1 heterocycles. The molecule has 0 aliphatic heterocycles. The van der Waals surface area contributed by atoms with E-state index in [0.717, 1.165) is 17.8 Å². The summed E-state index contributed by atoms with van der Waals surface area (Å²) in [7, 11) is 0. The highest BCUT2D eigenvalue weighted by Gasteiger charge is 2.24. The third-order valence-corrected chi connectivity index (χ3v) is 2.50. The van der Waals surface area contributed by atoms with E-state index in [1.807, 2.05) is 18.2 Å². The van der Waals surface area contributed by atoms with E-state index in [4.69, 9.17) is 4.42 Å². The Labute approximate surface area is 77.2 Å². The Bertz CT molecular complexity index is 333. The van der Waals surface area contributed by atoms with Gasteiger partial charge in [0.25, 0.3) is 0 Å². The van der Waals surface area contributed by atoms with Crippen molar-refractivity contribution in [1.82, 2.24) is 0 Å². The Morgan fingerprint density at radius 2 is 2.46 bits per heavy atom. The largest absolute Gasteiger partial charge is 0.465 e. The van der Waals surface area contributed by atoms with Crippen LogP contribution in [0.1, 0.15) is 25.5 Å². The Hall–Kier alpha value is -1.31. The highest BCUT2D eigenvalue weighted by Crippen LogP contribution is 2.29. The Morgan fingerprint density at radius 1 is 1.62 bits per heavy atom. The molecule has 0 saturated heterocycles. The molecule has 0 bridgehead atoms. The van der Waals surface area contributed by atoms with Crippen molar-refractivity contribution in [2.24, 2.45) is 5.92 Å². The molecule has 1 saturated carbocycles. The predicted octanol–water partition coefficient (Wildman–Crippen LogP) is 2.66. The van der Waals surface area contributed by atoms with Gasteiger partial charge in [-0.3, -0.25) is 4.79 Å². The molecule has 68 valence electrons. The van der Waals surface area contributed by atoms with Gasteiger partial charge in [-0.2, -0.15) is 0 Å². The minimum absolute atomic E-state index is 0.268. The molecule has 1 aromatic heterocycles. The first-order chi connectivity index (χ1) is 6.27. The minimum Gasteiger partial charge on any atom is -0.465 e. The normalized spacial score (nSPS) is 25.8. The lowest BCUT2D eigenvalue weighted by molar-refractivity contribution is -0.114. The lowest BCUT2D eigenvalue weighted by Crippen LogP contribution is -1.96. The molecule has 0 N–H and O–H groups in total. The maximum Gasteiger partial charge on any atom is 0.159 e. The van der Waals surface area contributed by atoms with E-state index in [1.54, 1.807) is 6.26 Å². The van der Waals surface area contributed by atoms with Crippen LogP contribution in [-0.2, 0) is 4.79 Å². The number of hydrogen-bond acceptors (Lipinski definition) is 2. The van der Waals surface area contributed by atoms with Crippen LogP contribution in [-0.4, -0.2) is 5.78 Å². The summed E-state index contributed by atoms with van der Waals surface area (Å²) in [5.74, 6) is 1.43. The van der Waals surface area contributed by atoms with E-state index in [2.05, 4.69) is 6.92 Å². The summed E-state index contributed by atoms with van der Waals surface area (Å²) >= 11 is 0. The van der Waals surface area contributed by atoms with Gasteiger partial charge in [0.05, 0.1) is 6.26 Å². The van der Waals surface area contributed by atoms with Crippen molar-refractivity contribution in [3.63, 3.8) is 0 Å². The van der Waals surface area contributed by atoms with Gasteiger partial charge in [0, 0.05) is 12.0 Å². The van der Waals surface area contributed by atoms with Crippen LogP contribution in [0.5, 0.6) is 0 Å². The molecule has 2 nitrogen and oxygen atoms in total. The van der Waals surface area contributed by atoms with Crippen molar-refractivity contribution >= 4 is 11.9 Å². The average Bonchev–Trinajstić information content (AvgIpc) is 2.70. The zero-order valence-corrected chi connectivity index (χ0v) is 7.62. The molecule has 1 fully saturated rings. The van der Waals surface area contributed by atoms with Gasteiger partial charge < -0.3 is 4.42 Å². The molecular formula is C11H12O2. The predicted molar refractivity (Wildman–Crippen MR) is 50.1 cm³/mol. The van der Waals surface area contributed by atoms with Crippen molar-refractivity contribution in [3.05, 3.63) is 29.7 Å². The van der Waals surface area contributed by atoms with Gasteiger partial charge in [-0.05, 0) is 30.5 Å². The summed E-state index contributed by atoms with van der Waals surface area (Å²) in [6.45, 7) is 2.08. The highest BCUT2D eigenvalue weighted by molar-refractivity contribution is 6.01. The fraction of sp³-hybridized carbons (Fsp3) is 0.364. The number of carbonyl (C=O) groups is 1. The molecule has 0 spiro atoms. The molecule has 1 aliphatic rings. The van der Waals surface area contributed by atoms with E-state index in [-0.39, 0.29) is 5.78 Å². The smallest absolute Gasteiger partial charge is 0.159 e. The van der Waals surface area contributed by atoms with Crippen molar-refractivity contribution in [2.75, 3.05) is 0 Å². The van der Waals surface area contributed by atoms with Gasteiger partial charge >= 0.3 is 0 Å². The fourth-order valence-corrected chi connectivity index (χ4v) is 1.67. The van der Waals surface area contributed by atoms with Crippen molar-refractivity contribution in [2.45, 2.75) is 19.8 Å². The molecule has 13 heavy (non-hydrogen) atoms. The SMILES string of the molecule is CC1CCC(=O)C1=Cc1ccco1. The third-order valence-electron chi connectivity index (χ3n) is 2.50. The zero-order chi connectivity index (χ0) is 9.26. The first-order valence-corrected chi connectivity index (χ1v) is 4.55. The van der Waals surface area contributed by atoms with Crippen LogP contribution in [0.2, 0.25) is 0 Å². The topological polar surface area (TPSA) is 30.2 Å². The van der Waals surface area contributed by atoms with Gasteiger partial charge in [-0.25, -0.2) is 0 Å². The van der Waals surface area contributed by atoms with Crippen LogP contribution in [0.4, 0.5) is 0 Å². The second-order valence-electron chi connectivity index (χ2n) is 3.48. The number of rotatable bonds is 1. The maximum absolute atomic E-state index is 11.4. The third kappa shape index (κ3) is 1.57. The molecule has 0 amide bonds. The Morgan fingerprint density at radius 3 is 3.00 bits per heavy atom. The summed E-state index contributed by atoms with van der Waals surface area (Å²) in [6.07, 6.45) is 5.15. The second kappa shape index (κ2) is 3.21. The van der Waals surface area contributed by atoms with Crippen LogP contribution >= 0.6 is 0 Å². The van der Waals surface area contributed by atoms with Gasteiger partial charge in [0.2, 0.25) is 0 Å². The molecule has 1 aliphatic carbocycles. The van der Waals surface area contributed by atoms with E-state index in [9.17, 15) is 4.79 Å². The lowest BCUT2D eigenvalue weighted by atomic mass is 10.0. The summed E-state index contributed by atoms with van der Waals surface area (Å²) in [5, 5.41) is 0. The molecule has 0 aromatic carbocycles. The fourth-order valence-electron chi connectivity index (χ4n) is 1.67. The number of furan rings is 1. The summed E-state index contributed by atoms with van der Waals surface area (Å²) < 4.78 is 5.16. The molecule has 2 heteroatoms. The van der Waals surface area contributed by atoms with Gasteiger partial charge in [-0.15, -0.1) is 0 Å². The molecular weight excluding hydrogens is 164 g/mol. The van der Waals surface area contributed by atoms with Crippen LogP contribution in [0.25, 0.3) is 6.08 Å². The quantitative estimate of drug-likeness (QED) is 0.616. The van der Waals surface area contributed by atoms with Gasteiger partial charge in [0.1, 0.15) is 5.76 Å². The first-order valence-electron chi connectivity index (χ1n) is 4.55. The monoisotopic (exact) mass is 176 g/mol. The average molecular weight is 176 g/mol. The lowest BCUT2D eigenvalue weighted by Gasteiger charge is -2.00.